The summed E-state index contributed by atoms with van der Waals surface area (Å²) in [7, 11) is 0. The number of benzene rings is 2. The van der Waals surface area contributed by atoms with E-state index in [1.54, 1.807) is 12.1 Å². The standard InChI is InChI=1S/C23H27NO6/c1-4-28-19-12-17(13-20(29-5-2)21(19)30-6-3)22(25)24-14-16-10-8-7-9-15(16)11-18(24)23(26)27/h7-10,12-13,18H,4-6,11,14H2,1-3H3,(H,26,27). The van der Waals surface area contributed by atoms with Gasteiger partial charge in [-0.1, -0.05) is 24.3 Å². The highest BCUT2D eigenvalue weighted by Crippen LogP contribution is 2.40. The average molecular weight is 413 g/mol. The number of carbonyl (C=O) groups excluding carboxylic acids is 1. The zero-order valence-corrected chi connectivity index (χ0v) is 17.5. The summed E-state index contributed by atoms with van der Waals surface area (Å²) >= 11 is 0. The third-order valence-corrected chi connectivity index (χ3v) is 4.95. The van der Waals surface area contributed by atoms with Crippen LogP contribution in [-0.4, -0.2) is 47.7 Å². The molecule has 7 heteroatoms. The molecule has 3 rings (SSSR count). The minimum absolute atomic E-state index is 0.229. The molecule has 0 saturated heterocycles. The van der Waals surface area contributed by atoms with Crippen molar-refractivity contribution < 1.29 is 28.9 Å². The van der Waals surface area contributed by atoms with Gasteiger partial charge < -0.3 is 24.2 Å². The number of hydrogen-bond acceptors (Lipinski definition) is 5. The van der Waals surface area contributed by atoms with E-state index >= 15 is 0 Å². The molecule has 160 valence electrons. The van der Waals surface area contributed by atoms with Gasteiger partial charge in [0, 0.05) is 18.5 Å². The second-order valence-electron chi connectivity index (χ2n) is 6.86. The molecule has 0 saturated carbocycles. The molecule has 0 aromatic heterocycles. The number of aliphatic carboxylic acids is 1. The van der Waals surface area contributed by atoms with Crippen LogP contribution in [0.15, 0.2) is 36.4 Å². The van der Waals surface area contributed by atoms with Gasteiger partial charge in [0.25, 0.3) is 5.91 Å². The minimum Gasteiger partial charge on any atom is -0.490 e. The van der Waals surface area contributed by atoms with Crippen LogP contribution in [0.1, 0.15) is 42.3 Å². The number of carboxylic acid groups (broad SMARTS) is 1. The van der Waals surface area contributed by atoms with Crippen LogP contribution < -0.4 is 14.2 Å². The summed E-state index contributed by atoms with van der Waals surface area (Å²) in [4.78, 5) is 26.7. The third kappa shape index (κ3) is 4.35. The number of hydrogen-bond donors (Lipinski definition) is 1. The smallest absolute Gasteiger partial charge is 0.326 e. The number of carboxylic acids is 1. The number of rotatable bonds is 8. The van der Waals surface area contributed by atoms with Crippen molar-refractivity contribution in [1.29, 1.82) is 0 Å². The molecule has 0 radical (unpaired) electrons. The molecule has 0 fully saturated rings. The SMILES string of the molecule is CCOc1cc(C(=O)N2Cc3ccccc3CC2C(=O)O)cc(OCC)c1OCC. The summed E-state index contributed by atoms with van der Waals surface area (Å²) in [6.07, 6.45) is 0.269. The molecule has 0 spiro atoms. The maximum atomic E-state index is 13.4. The molecule has 1 atom stereocenters. The zero-order valence-electron chi connectivity index (χ0n) is 17.5. The van der Waals surface area contributed by atoms with Gasteiger partial charge in [0.1, 0.15) is 6.04 Å². The van der Waals surface area contributed by atoms with Crippen molar-refractivity contribution in [2.24, 2.45) is 0 Å². The molecule has 0 aliphatic carbocycles. The van der Waals surface area contributed by atoms with Gasteiger partial charge in [0.2, 0.25) is 5.75 Å². The first kappa shape index (κ1) is 21.5. The van der Waals surface area contributed by atoms with Crippen LogP contribution in [0.25, 0.3) is 0 Å². The molecule has 1 amide bonds. The number of carbonyl (C=O) groups is 2. The quantitative estimate of drug-likeness (QED) is 0.713. The van der Waals surface area contributed by atoms with Gasteiger partial charge in [-0.2, -0.15) is 0 Å². The Bertz CT molecular complexity index is 899. The van der Waals surface area contributed by atoms with Gasteiger partial charge in [0.15, 0.2) is 11.5 Å². The van der Waals surface area contributed by atoms with Crippen molar-refractivity contribution in [2.45, 2.75) is 39.8 Å². The van der Waals surface area contributed by atoms with Gasteiger partial charge >= 0.3 is 5.97 Å². The van der Waals surface area contributed by atoms with E-state index in [-0.39, 0.29) is 18.9 Å². The fraction of sp³-hybridized carbons (Fsp3) is 0.391. The Morgan fingerprint density at radius 3 is 2.07 bits per heavy atom. The molecule has 1 aliphatic heterocycles. The second-order valence-corrected chi connectivity index (χ2v) is 6.86. The van der Waals surface area contributed by atoms with E-state index in [0.29, 0.717) is 42.6 Å². The van der Waals surface area contributed by atoms with Crippen LogP contribution in [-0.2, 0) is 17.8 Å². The lowest BCUT2D eigenvalue weighted by atomic mass is 9.93. The predicted molar refractivity (Wildman–Crippen MR) is 111 cm³/mol. The summed E-state index contributed by atoms with van der Waals surface area (Å²) in [5.41, 5.74) is 2.20. The normalized spacial score (nSPS) is 15.3. The third-order valence-electron chi connectivity index (χ3n) is 4.95. The monoisotopic (exact) mass is 413 g/mol. The molecule has 1 unspecified atom stereocenters. The number of ether oxygens (including phenoxy) is 3. The Balaban J connectivity index is 2.03. The Morgan fingerprint density at radius 1 is 0.967 bits per heavy atom. The summed E-state index contributed by atoms with van der Waals surface area (Å²) in [6.45, 7) is 6.95. The van der Waals surface area contributed by atoms with Gasteiger partial charge in [-0.3, -0.25) is 4.79 Å². The summed E-state index contributed by atoms with van der Waals surface area (Å²) in [5.74, 6) is -0.173. The van der Waals surface area contributed by atoms with E-state index in [0.717, 1.165) is 11.1 Å². The predicted octanol–water partition coefficient (Wildman–Crippen LogP) is 3.53. The van der Waals surface area contributed by atoms with E-state index in [9.17, 15) is 14.7 Å². The first-order valence-corrected chi connectivity index (χ1v) is 10.2. The first-order valence-electron chi connectivity index (χ1n) is 10.2. The fourth-order valence-corrected chi connectivity index (χ4v) is 3.64. The van der Waals surface area contributed by atoms with Crippen LogP contribution in [0.5, 0.6) is 17.2 Å². The van der Waals surface area contributed by atoms with E-state index < -0.39 is 12.0 Å². The van der Waals surface area contributed by atoms with E-state index in [1.807, 2.05) is 45.0 Å². The Morgan fingerprint density at radius 2 is 1.53 bits per heavy atom. The molecule has 0 bridgehead atoms. The summed E-state index contributed by atoms with van der Waals surface area (Å²) in [6, 6.07) is 9.85. The molecule has 2 aromatic rings. The maximum Gasteiger partial charge on any atom is 0.326 e. The Labute approximate surface area is 176 Å². The average Bonchev–Trinajstić information content (AvgIpc) is 2.74. The van der Waals surface area contributed by atoms with Crippen molar-refractivity contribution >= 4 is 11.9 Å². The van der Waals surface area contributed by atoms with Crippen molar-refractivity contribution in [1.82, 2.24) is 4.90 Å². The van der Waals surface area contributed by atoms with Crippen LogP contribution >= 0.6 is 0 Å². The number of nitrogens with zero attached hydrogens (tertiary/aromatic N) is 1. The van der Waals surface area contributed by atoms with E-state index in [2.05, 4.69) is 0 Å². The largest absolute Gasteiger partial charge is 0.490 e. The fourth-order valence-electron chi connectivity index (χ4n) is 3.64. The molecule has 1 aliphatic rings. The minimum atomic E-state index is -1.03. The Kier molecular flexibility index (Phi) is 6.82. The summed E-state index contributed by atoms with van der Waals surface area (Å²) in [5, 5.41) is 9.76. The number of amides is 1. The van der Waals surface area contributed by atoms with Gasteiger partial charge in [-0.05, 0) is 44.0 Å². The lowest BCUT2D eigenvalue weighted by Gasteiger charge is -2.34. The first-order chi connectivity index (χ1) is 14.5. The van der Waals surface area contributed by atoms with Crippen molar-refractivity contribution in [3.05, 3.63) is 53.1 Å². The topological polar surface area (TPSA) is 85.3 Å². The Hall–Kier alpha value is -3.22. The molecule has 7 nitrogen and oxygen atoms in total. The van der Waals surface area contributed by atoms with Crippen molar-refractivity contribution in [3.8, 4) is 17.2 Å². The highest BCUT2D eigenvalue weighted by molar-refractivity contribution is 5.98. The second kappa shape index (κ2) is 9.52. The van der Waals surface area contributed by atoms with Crippen LogP contribution in [0.4, 0.5) is 0 Å². The lowest BCUT2D eigenvalue weighted by Crippen LogP contribution is -2.48. The zero-order chi connectivity index (χ0) is 21.7. The van der Waals surface area contributed by atoms with Crippen LogP contribution in [0, 0.1) is 0 Å². The van der Waals surface area contributed by atoms with Crippen molar-refractivity contribution in [2.75, 3.05) is 19.8 Å². The van der Waals surface area contributed by atoms with Crippen LogP contribution in [0.3, 0.4) is 0 Å². The van der Waals surface area contributed by atoms with Gasteiger partial charge in [0.05, 0.1) is 19.8 Å². The lowest BCUT2D eigenvalue weighted by molar-refractivity contribution is -0.142. The molecule has 30 heavy (non-hydrogen) atoms. The molecule has 2 aromatic carbocycles. The van der Waals surface area contributed by atoms with Crippen LogP contribution in [0.2, 0.25) is 0 Å². The van der Waals surface area contributed by atoms with Gasteiger partial charge in [-0.25, -0.2) is 4.79 Å². The highest BCUT2D eigenvalue weighted by Gasteiger charge is 2.35. The molecule has 1 N–H and O–H groups in total. The molecular weight excluding hydrogens is 386 g/mol. The van der Waals surface area contributed by atoms with Gasteiger partial charge in [-0.15, -0.1) is 0 Å². The summed E-state index contributed by atoms with van der Waals surface area (Å²) < 4.78 is 17.1. The molecular formula is C23H27NO6. The van der Waals surface area contributed by atoms with Crippen molar-refractivity contribution in [3.63, 3.8) is 0 Å². The highest BCUT2D eigenvalue weighted by atomic mass is 16.5. The number of fused-ring (bicyclic) bond motifs is 1. The maximum absolute atomic E-state index is 13.4. The van der Waals surface area contributed by atoms with E-state index in [4.69, 9.17) is 14.2 Å². The van der Waals surface area contributed by atoms with E-state index in [1.165, 1.54) is 4.90 Å². The molecule has 1 heterocycles.